The highest BCUT2D eigenvalue weighted by molar-refractivity contribution is 5.34. The summed E-state index contributed by atoms with van der Waals surface area (Å²) >= 11 is 0. The molecule has 1 aromatic heterocycles. The number of aromatic nitrogens is 2. The van der Waals surface area contributed by atoms with Crippen molar-refractivity contribution in [2.45, 2.75) is 33.7 Å². The molecular weight excluding hydrogens is 200 g/mol. The summed E-state index contributed by atoms with van der Waals surface area (Å²) in [6.45, 7) is 9.16. The highest BCUT2D eigenvalue weighted by atomic mass is 15.3. The molecular formula is C12H20N4. The first kappa shape index (κ1) is 11.3. The summed E-state index contributed by atoms with van der Waals surface area (Å²) in [5.74, 6) is 0.847. The fraction of sp³-hybridized carbons (Fsp3) is 0.667. The van der Waals surface area contributed by atoms with Crippen LogP contribution in [-0.2, 0) is 6.54 Å². The lowest BCUT2D eigenvalue weighted by atomic mass is 9.93. The number of hydrogen-bond donors (Lipinski definition) is 1. The summed E-state index contributed by atoms with van der Waals surface area (Å²) < 4.78 is 0. The van der Waals surface area contributed by atoms with Crippen molar-refractivity contribution in [1.82, 2.24) is 9.97 Å². The highest BCUT2D eigenvalue weighted by Gasteiger charge is 2.30. The van der Waals surface area contributed by atoms with Gasteiger partial charge in [-0.1, -0.05) is 13.8 Å². The van der Waals surface area contributed by atoms with E-state index in [1.807, 2.05) is 13.1 Å². The van der Waals surface area contributed by atoms with Crippen molar-refractivity contribution in [1.29, 1.82) is 0 Å². The molecule has 2 heterocycles. The van der Waals surface area contributed by atoms with Crippen LogP contribution in [-0.4, -0.2) is 23.1 Å². The lowest BCUT2D eigenvalue weighted by Crippen LogP contribution is -2.25. The quantitative estimate of drug-likeness (QED) is 0.820. The Morgan fingerprint density at radius 3 is 2.75 bits per heavy atom. The third-order valence-corrected chi connectivity index (χ3v) is 3.25. The Hall–Kier alpha value is -1.16. The van der Waals surface area contributed by atoms with Crippen molar-refractivity contribution in [2.24, 2.45) is 11.1 Å². The van der Waals surface area contributed by atoms with Gasteiger partial charge in [-0.25, -0.2) is 9.97 Å². The van der Waals surface area contributed by atoms with E-state index < -0.39 is 0 Å². The molecule has 1 fully saturated rings. The summed E-state index contributed by atoms with van der Waals surface area (Å²) in [5.41, 5.74) is 8.01. The van der Waals surface area contributed by atoms with Crippen LogP contribution < -0.4 is 10.6 Å². The number of anilines is 1. The van der Waals surface area contributed by atoms with Crippen molar-refractivity contribution >= 4 is 5.95 Å². The summed E-state index contributed by atoms with van der Waals surface area (Å²) in [6, 6.07) is 0. The van der Waals surface area contributed by atoms with Gasteiger partial charge < -0.3 is 10.6 Å². The summed E-state index contributed by atoms with van der Waals surface area (Å²) in [4.78, 5) is 11.2. The Morgan fingerprint density at radius 1 is 1.50 bits per heavy atom. The van der Waals surface area contributed by atoms with E-state index >= 15 is 0 Å². The van der Waals surface area contributed by atoms with Crippen LogP contribution in [0.5, 0.6) is 0 Å². The van der Waals surface area contributed by atoms with Gasteiger partial charge in [0.15, 0.2) is 0 Å². The van der Waals surface area contributed by atoms with E-state index in [9.17, 15) is 0 Å². The SMILES string of the molecule is Cc1nc(N2CCC(C)(C)C2)ncc1CN. The first-order chi connectivity index (χ1) is 7.52. The van der Waals surface area contributed by atoms with Crippen molar-refractivity contribution in [3.8, 4) is 0 Å². The summed E-state index contributed by atoms with van der Waals surface area (Å²) in [5, 5.41) is 0. The largest absolute Gasteiger partial charge is 0.340 e. The third-order valence-electron chi connectivity index (χ3n) is 3.25. The Bertz CT molecular complexity index is 387. The molecule has 2 N–H and O–H groups in total. The van der Waals surface area contributed by atoms with Gasteiger partial charge in [0.1, 0.15) is 0 Å². The Kier molecular flexibility index (Phi) is 2.84. The number of rotatable bonds is 2. The lowest BCUT2D eigenvalue weighted by Gasteiger charge is -2.20. The third kappa shape index (κ3) is 2.16. The number of nitrogens with two attached hydrogens (primary N) is 1. The fourth-order valence-corrected chi connectivity index (χ4v) is 2.12. The molecule has 2 rings (SSSR count). The highest BCUT2D eigenvalue weighted by Crippen LogP contribution is 2.30. The average molecular weight is 220 g/mol. The molecule has 0 saturated carbocycles. The van der Waals surface area contributed by atoms with Crippen LogP contribution in [0.4, 0.5) is 5.95 Å². The zero-order chi connectivity index (χ0) is 11.8. The van der Waals surface area contributed by atoms with Gasteiger partial charge in [0.2, 0.25) is 5.95 Å². The second kappa shape index (κ2) is 4.01. The summed E-state index contributed by atoms with van der Waals surface area (Å²) in [6.07, 6.45) is 3.05. The molecule has 4 nitrogen and oxygen atoms in total. The Balaban J connectivity index is 2.20. The van der Waals surface area contributed by atoms with Gasteiger partial charge in [-0.2, -0.15) is 0 Å². The molecule has 1 aliphatic heterocycles. The predicted octanol–water partition coefficient (Wildman–Crippen LogP) is 1.48. The molecule has 0 atom stereocenters. The zero-order valence-corrected chi connectivity index (χ0v) is 10.3. The van der Waals surface area contributed by atoms with Crippen LogP contribution in [0, 0.1) is 12.3 Å². The van der Waals surface area contributed by atoms with Crippen molar-refractivity contribution < 1.29 is 0 Å². The van der Waals surface area contributed by atoms with Gasteiger partial charge >= 0.3 is 0 Å². The van der Waals surface area contributed by atoms with E-state index in [1.165, 1.54) is 6.42 Å². The van der Waals surface area contributed by atoms with E-state index in [-0.39, 0.29) is 0 Å². The molecule has 0 unspecified atom stereocenters. The number of aryl methyl sites for hydroxylation is 1. The molecule has 88 valence electrons. The first-order valence-electron chi connectivity index (χ1n) is 5.79. The summed E-state index contributed by atoms with van der Waals surface area (Å²) in [7, 11) is 0. The second-order valence-corrected chi connectivity index (χ2v) is 5.32. The fourth-order valence-electron chi connectivity index (χ4n) is 2.12. The van der Waals surface area contributed by atoms with Gasteiger partial charge in [0.05, 0.1) is 0 Å². The Morgan fingerprint density at radius 2 is 2.25 bits per heavy atom. The van der Waals surface area contributed by atoms with Crippen LogP contribution in [0.3, 0.4) is 0 Å². The van der Waals surface area contributed by atoms with Crippen LogP contribution >= 0.6 is 0 Å². The topological polar surface area (TPSA) is 55.0 Å². The second-order valence-electron chi connectivity index (χ2n) is 5.32. The normalized spacial score (nSPS) is 19.1. The molecule has 4 heteroatoms. The van der Waals surface area contributed by atoms with Crippen molar-refractivity contribution in [2.75, 3.05) is 18.0 Å². The van der Waals surface area contributed by atoms with Gasteiger partial charge in [0.25, 0.3) is 0 Å². The van der Waals surface area contributed by atoms with Crippen LogP contribution in [0.15, 0.2) is 6.20 Å². The predicted molar refractivity (Wildman–Crippen MR) is 65.3 cm³/mol. The molecule has 16 heavy (non-hydrogen) atoms. The minimum Gasteiger partial charge on any atom is -0.340 e. The van der Waals surface area contributed by atoms with Crippen LogP contribution in [0.1, 0.15) is 31.5 Å². The molecule has 1 aliphatic rings. The average Bonchev–Trinajstić information content (AvgIpc) is 2.59. The first-order valence-corrected chi connectivity index (χ1v) is 5.79. The Labute approximate surface area is 96.9 Å². The molecule has 1 aromatic rings. The lowest BCUT2D eigenvalue weighted by molar-refractivity contribution is 0.418. The molecule has 0 amide bonds. The molecule has 0 aliphatic carbocycles. The van der Waals surface area contributed by atoms with E-state index in [4.69, 9.17) is 5.73 Å². The minimum absolute atomic E-state index is 0.379. The monoisotopic (exact) mass is 220 g/mol. The van der Waals surface area contributed by atoms with Gasteiger partial charge in [-0.3, -0.25) is 0 Å². The van der Waals surface area contributed by atoms with Crippen LogP contribution in [0.2, 0.25) is 0 Å². The molecule has 0 bridgehead atoms. The minimum atomic E-state index is 0.379. The standard InChI is InChI=1S/C12H20N4/c1-9-10(6-13)7-14-11(15-9)16-5-4-12(2,3)8-16/h7H,4-6,8,13H2,1-3H3. The number of hydrogen-bond acceptors (Lipinski definition) is 4. The maximum atomic E-state index is 5.60. The zero-order valence-electron chi connectivity index (χ0n) is 10.3. The van der Waals surface area contributed by atoms with E-state index in [0.29, 0.717) is 12.0 Å². The van der Waals surface area contributed by atoms with Gasteiger partial charge in [-0.15, -0.1) is 0 Å². The maximum absolute atomic E-state index is 5.60. The smallest absolute Gasteiger partial charge is 0.225 e. The van der Waals surface area contributed by atoms with Crippen molar-refractivity contribution in [3.63, 3.8) is 0 Å². The maximum Gasteiger partial charge on any atom is 0.225 e. The van der Waals surface area contributed by atoms with E-state index in [0.717, 1.165) is 30.3 Å². The van der Waals surface area contributed by atoms with Gasteiger partial charge in [-0.05, 0) is 18.8 Å². The number of nitrogens with zero attached hydrogens (tertiary/aromatic N) is 3. The van der Waals surface area contributed by atoms with Crippen molar-refractivity contribution in [3.05, 3.63) is 17.5 Å². The molecule has 0 radical (unpaired) electrons. The molecule has 0 aromatic carbocycles. The van der Waals surface area contributed by atoms with E-state index in [2.05, 4.69) is 28.7 Å². The van der Waals surface area contributed by atoms with E-state index in [1.54, 1.807) is 0 Å². The van der Waals surface area contributed by atoms with Gasteiger partial charge in [0, 0.05) is 37.1 Å². The molecule has 1 saturated heterocycles. The van der Waals surface area contributed by atoms with Crippen LogP contribution in [0.25, 0.3) is 0 Å². The molecule has 0 spiro atoms.